The maximum Gasteiger partial charge on any atom is 0.251 e. The van der Waals surface area contributed by atoms with Gasteiger partial charge in [0.25, 0.3) is 5.91 Å². The lowest BCUT2D eigenvalue weighted by Gasteiger charge is -2.17. The molecule has 1 atom stereocenters. The standard InChI is InChI=1S/C16H18N2O3/c1-21-15-9-12(7-8-13(15)17)16(20)18-14(10-19)11-5-3-2-4-6-11/h2-9,14,19H,10,17H2,1H3,(H,18,20)/t14-/m1/s1. The molecule has 0 aliphatic heterocycles. The van der Waals surface area contributed by atoms with Gasteiger partial charge in [-0.2, -0.15) is 0 Å². The number of benzene rings is 2. The van der Waals surface area contributed by atoms with Crippen LogP contribution in [0.3, 0.4) is 0 Å². The number of aliphatic hydroxyl groups excluding tert-OH is 1. The molecule has 0 aliphatic rings. The van der Waals surface area contributed by atoms with Crippen molar-refractivity contribution in [1.82, 2.24) is 5.32 Å². The maximum atomic E-state index is 12.2. The number of rotatable bonds is 5. The number of hydrogen-bond donors (Lipinski definition) is 3. The Bertz CT molecular complexity index is 614. The number of anilines is 1. The summed E-state index contributed by atoms with van der Waals surface area (Å²) in [6.07, 6.45) is 0. The van der Waals surface area contributed by atoms with Crippen molar-refractivity contribution < 1.29 is 14.6 Å². The van der Waals surface area contributed by atoms with Crippen LogP contribution in [0.5, 0.6) is 5.75 Å². The van der Waals surface area contributed by atoms with Crippen molar-refractivity contribution in [2.75, 3.05) is 19.5 Å². The van der Waals surface area contributed by atoms with E-state index in [1.165, 1.54) is 7.11 Å². The number of hydrogen-bond acceptors (Lipinski definition) is 4. The van der Waals surface area contributed by atoms with Gasteiger partial charge in [0.15, 0.2) is 0 Å². The van der Waals surface area contributed by atoms with E-state index in [-0.39, 0.29) is 12.5 Å². The van der Waals surface area contributed by atoms with Gasteiger partial charge in [-0.15, -0.1) is 0 Å². The molecule has 0 radical (unpaired) electrons. The van der Waals surface area contributed by atoms with Gasteiger partial charge in [-0.25, -0.2) is 0 Å². The number of nitrogen functional groups attached to an aromatic ring is 1. The lowest BCUT2D eigenvalue weighted by atomic mass is 10.1. The van der Waals surface area contributed by atoms with E-state index < -0.39 is 6.04 Å². The highest BCUT2D eigenvalue weighted by Crippen LogP contribution is 2.22. The Morgan fingerprint density at radius 3 is 2.62 bits per heavy atom. The molecular formula is C16H18N2O3. The van der Waals surface area contributed by atoms with Gasteiger partial charge in [0, 0.05) is 5.56 Å². The number of carbonyl (C=O) groups is 1. The molecule has 5 nitrogen and oxygen atoms in total. The lowest BCUT2D eigenvalue weighted by molar-refractivity contribution is 0.0916. The molecule has 0 unspecified atom stereocenters. The number of ether oxygens (including phenoxy) is 1. The first-order valence-corrected chi connectivity index (χ1v) is 6.56. The first-order valence-electron chi connectivity index (χ1n) is 6.56. The van der Waals surface area contributed by atoms with Gasteiger partial charge in [-0.05, 0) is 23.8 Å². The van der Waals surface area contributed by atoms with E-state index in [1.54, 1.807) is 18.2 Å². The smallest absolute Gasteiger partial charge is 0.251 e. The average molecular weight is 286 g/mol. The fraction of sp³-hybridized carbons (Fsp3) is 0.188. The van der Waals surface area contributed by atoms with Crippen molar-refractivity contribution >= 4 is 11.6 Å². The number of amides is 1. The van der Waals surface area contributed by atoms with E-state index >= 15 is 0 Å². The van der Waals surface area contributed by atoms with Crippen LogP contribution in [-0.2, 0) is 0 Å². The van der Waals surface area contributed by atoms with Crippen molar-refractivity contribution in [3.05, 3.63) is 59.7 Å². The molecule has 5 heteroatoms. The van der Waals surface area contributed by atoms with Crippen molar-refractivity contribution in [1.29, 1.82) is 0 Å². The number of methoxy groups -OCH3 is 1. The average Bonchev–Trinajstić information content (AvgIpc) is 2.53. The van der Waals surface area contributed by atoms with E-state index in [0.29, 0.717) is 17.0 Å². The number of aliphatic hydroxyl groups is 1. The van der Waals surface area contributed by atoms with Crippen LogP contribution in [-0.4, -0.2) is 24.7 Å². The summed E-state index contributed by atoms with van der Waals surface area (Å²) in [5.41, 5.74) is 7.46. The molecule has 0 bridgehead atoms. The van der Waals surface area contributed by atoms with Crippen LogP contribution in [0, 0.1) is 0 Å². The van der Waals surface area contributed by atoms with Crippen molar-refractivity contribution in [3.8, 4) is 5.75 Å². The molecule has 110 valence electrons. The number of nitrogens with two attached hydrogens (primary N) is 1. The van der Waals surface area contributed by atoms with E-state index in [9.17, 15) is 9.90 Å². The molecule has 0 saturated heterocycles. The SMILES string of the molecule is COc1cc(C(=O)N[C@H](CO)c2ccccc2)ccc1N. The van der Waals surface area contributed by atoms with Gasteiger partial charge in [0.1, 0.15) is 5.75 Å². The quantitative estimate of drug-likeness (QED) is 0.731. The van der Waals surface area contributed by atoms with Crippen LogP contribution in [0.15, 0.2) is 48.5 Å². The molecular weight excluding hydrogens is 268 g/mol. The molecule has 1 amide bonds. The Hall–Kier alpha value is -2.53. The Morgan fingerprint density at radius 1 is 1.29 bits per heavy atom. The second kappa shape index (κ2) is 6.76. The predicted octanol–water partition coefficient (Wildman–Crippen LogP) is 1.74. The van der Waals surface area contributed by atoms with Crippen LogP contribution in [0.1, 0.15) is 22.0 Å². The molecule has 4 N–H and O–H groups in total. The third-order valence-electron chi connectivity index (χ3n) is 3.19. The van der Waals surface area contributed by atoms with Crippen LogP contribution in [0.2, 0.25) is 0 Å². The maximum absolute atomic E-state index is 12.2. The lowest BCUT2D eigenvalue weighted by Crippen LogP contribution is -2.30. The van der Waals surface area contributed by atoms with Gasteiger partial charge in [-0.1, -0.05) is 30.3 Å². The van der Waals surface area contributed by atoms with Gasteiger partial charge in [0.2, 0.25) is 0 Å². The van der Waals surface area contributed by atoms with Gasteiger partial charge < -0.3 is 20.9 Å². The minimum Gasteiger partial charge on any atom is -0.495 e. The van der Waals surface area contributed by atoms with Crippen molar-refractivity contribution in [3.63, 3.8) is 0 Å². The highest BCUT2D eigenvalue weighted by molar-refractivity contribution is 5.95. The molecule has 0 spiro atoms. The molecule has 0 fully saturated rings. The summed E-state index contributed by atoms with van der Waals surface area (Å²) < 4.78 is 5.10. The zero-order valence-electron chi connectivity index (χ0n) is 11.7. The highest BCUT2D eigenvalue weighted by atomic mass is 16.5. The van der Waals surface area contributed by atoms with Crippen LogP contribution >= 0.6 is 0 Å². The fourth-order valence-electron chi connectivity index (χ4n) is 2.01. The molecule has 2 aromatic rings. The van der Waals surface area contributed by atoms with Crippen LogP contribution in [0.25, 0.3) is 0 Å². The van der Waals surface area contributed by atoms with Gasteiger partial charge in [0.05, 0.1) is 25.4 Å². The molecule has 0 saturated carbocycles. The molecule has 0 heterocycles. The van der Waals surface area contributed by atoms with Crippen LogP contribution < -0.4 is 15.8 Å². The van der Waals surface area contributed by atoms with Gasteiger partial charge in [-0.3, -0.25) is 4.79 Å². The minimum absolute atomic E-state index is 0.179. The molecule has 0 aromatic heterocycles. The minimum atomic E-state index is -0.456. The van der Waals surface area contributed by atoms with Gasteiger partial charge >= 0.3 is 0 Å². The second-order valence-corrected chi connectivity index (χ2v) is 4.58. The van der Waals surface area contributed by atoms with E-state index in [0.717, 1.165) is 5.56 Å². The monoisotopic (exact) mass is 286 g/mol. The third-order valence-corrected chi connectivity index (χ3v) is 3.19. The molecule has 2 rings (SSSR count). The predicted molar refractivity (Wildman–Crippen MR) is 81.1 cm³/mol. The summed E-state index contributed by atoms with van der Waals surface area (Å²) in [5, 5.41) is 12.2. The van der Waals surface area contributed by atoms with E-state index in [2.05, 4.69) is 5.32 Å². The Balaban J connectivity index is 2.16. The topological polar surface area (TPSA) is 84.6 Å². The summed E-state index contributed by atoms with van der Waals surface area (Å²) in [6.45, 7) is -0.179. The summed E-state index contributed by atoms with van der Waals surface area (Å²) in [5.74, 6) is 0.152. The largest absolute Gasteiger partial charge is 0.495 e. The first-order chi connectivity index (χ1) is 10.2. The number of nitrogens with one attached hydrogen (secondary N) is 1. The molecule has 0 aliphatic carbocycles. The summed E-state index contributed by atoms with van der Waals surface area (Å²) in [7, 11) is 1.49. The third kappa shape index (κ3) is 3.52. The second-order valence-electron chi connectivity index (χ2n) is 4.58. The Kier molecular flexibility index (Phi) is 4.79. The number of carbonyl (C=O) groups excluding carboxylic acids is 1. The molecule has 21 heavy (non-hydrogen) atoms. The molecule has 2 aromatic carbocycles. The fourth-order valence-corrected chi connectivity index (χ4v) is 2.01. The summed E-state index contributed by atoms with van der Waals surface area (Å²) in [6, 6.07) is 13.6. The highest BCUT2D eigenvalue weighted by Gasteiger charge is 2.15. The summed E-state index contributed by atoms with van der Waals surface area (Å²) >= 11 is 0. The zero-order valence-corrected chi connectivity index (χ0v) is 11.7. The Labute approximate surface area is 123 Å². The van der Waals surface area contributed by atoms with Crippen molar-refractivity contribution in [2.24, 2.45) is 0 Å². The van der Waals surface area contributed by atoms with E-state index in [4.69, 9.17) is 10.5 Å². The Morgan fingerprint density at radius 2 is 2.00 bits per heavy atom. The summed E-state index contributed by atoms with van der Waals surface area (Å²) in [4.78, 5) is 12.2. The normalized spacial score (nSPS) is 11.7. The van der Waals surface area contributed by atoms with Crippen LogP contribution in [0.4, 0.5) is 5.69 Å². The van der Waals surface area contributed by atoms with E-state index in [1.807, 2.05) is 30.3 Å². The zero-order chi connectivity index (χ0) is 15.2. The van der Waals surface area contributed by atoms with Crippen molar-refractivity contribution in [2.45, 2.75) is 6.04 Å². The first kappa shape index (κ1) is 14.9.